The molecule has 1 aromatic carbocycles. The predicted molar refractivity (Wildman–Crippen MR) is 57.9 cm³/mol. The highest BCUT2D eigenvalue weighted by Crippen LogP contribution is 2.42. The summed E-state index contributed by atoms with van der Waals surface area (Å²) in [5.74, 6) is 0.527. The Morgan fingerprint density at radius 2 is 2.08 bits per heavy atom. The van der Waals surface area contributed by atoms with Crippen LogP contribution in [0.1, 0.15) is 12.0 Å². The molecule has 1 radical (unpaired) electrons. The average molecular weight is 212 g/mol. The fourth-order valence-corrected chi connectivity index (χ4v) is 1.83. The molecule has 2 rings (SSSR count). The molecule has 0 N–H and O–H groups in total. The molecule has 1 saturated carbocycles. The van der Waals surface area contributed by atoms with Crippen LogP contribution in [0.3, 0.4) is 0 Å². The van der Waals surface area contributed by atoms with Crippen LogP contribution in [0.4, 0.5) is 0 Å². The second kappa shape index (κ2) is 3.36. The molecule has 1 atom stereocenters. The third kappa shape index (κ3) is 1.90. The van der Waals surface area contributed by atoms with Crippen molar-refractivity contribution in [3.63, 3.8) is 0 Å². The first-order valence-corrected chi connectivity index (χ1v) is 4.91. The highest BCUT2D eigenvalue weighted by atomic mass is 35.5. The van der Waals surface area contributed by atoms with E-state index in [1.54, 1.807) is 6.07 Å². The van der Waals surface area contributed by atoms with Gasteiger partial charge >= 0.3 is 0 Å². The van der Waals surface area contributed by atoms with E-state index < -0.39 is 0 Å². The number of allylic oxidation sites excluding steroid dienone is 1. The van der Waals surface area contributed by atoms with Crippen LogP contribution in [0.2, 0.25) is 10.0 Å². The summed E-state index contributed by atoms with van der Waals surface area (Å²) < 4.78 is 0. The largest absolute Gasteiger partial charge is 0.0949 e. The van der Waals surface area contributed by atoms with Crippen molar-refractivity contribution in [2.75, 3.05) is 0 Å². The normalized spacial score (nSPS) is 15.8. The molecule has 0 saturated heterocycles. The Kier molecular flexibility index (Phi) is 2.35. The fraction of sp³-hybridized carbons (Fsp3) is 0.182. The fourth-order valence-electron chi connectivity index (χ4n) is 1.30. The summed E-state index contributed by atoms with van der Waals surface area (Å²) in [5, 5.41) is 1.36. The molecule has 0 bridgehead atoms. The molecule has 1 aliphatic rings. The predicted octanol–water partition coefficient (Wildman–Crippen LogP) is 4.23. The molecule has 0 aromatic heterocycles. The van der Waals surface area contributed by atoms with E-state index in [-0.39, 0.29) is 0 Å². The highest BCUT2D eigenvalue weighted by Gasteiger charge is 2.26. The Balaban J connectivity index is 2.33. The topological polar surface area (TPSA) is 0 Å². The molecule has 2 heteroatoms. The number of hydrogen-bond acceptors (Lipinski definition) is 0. The lowest BCUT2D eigenvalue weighted by molar-refractivity contribution is 1.19. The lowest BCUT2D eigenvalue weighted by atomic mass is 10.0. The number of hydrogen-bond donors (Lipinski definition) is 0. The molecule has 1 fully saturated rings. The third-order valence-corrected chi connectivity index (χ3v) is 2.74. The summed E-state index contributed by atoms with van der Waals surface area (Å²) in [5.41, 5.74) is 2.12. The monoisotopic (exact) mass is 211 g/mol. The van der Waals surface area contributed by atoms with E-state index in [4.69, 9.17) is 23.2 Å². The van der Waals surface area contributed by atoms with Gasteiger partial charge in [-0.1, -0.05) is 35.8 Å². The van der Waals surface area contributed by atoms with Crippen molar-refractivity contribution in [1.29, 1.82) is 0 Å². The van der Waals surface area contributed by atoms with Gasteiger partial charge in [0.2, 0.25) is 0 Å². The molecular formula is C11H9Cl2. The zero-order valence-electron chi connectivity index (χ0n) is 7.06. The van der Waals surface area contributed by atoms with E-state index in [2.05, 4.69) is 13.0 Å². The average Bonchev–Trinajstić information content (AvgIpc) is 2.85. The molecule has 0 amide bonds. The SMILES string of the molecule is C=C(c1ccc(Cl)cc1Cl)C1[CH]C1. The molecule has 1 unspecified atom stereocenters. The first-order valence-electron chi connectivity index (χ1n) is 4.16. The minimum atomic E-state index is 0.527. The standard InChI is InChI=1S/C11H9Cl2/c1-7(8-2-3-8)10-5-4-9(12)6-11(10)13/h2,4-6,8H,1,3H2. The van der Waals surface area contributed by atoms with Gasteiger partial charge in [-0.05, 0) is 42.0 Å². The summed E-state index contributed by atoms with van der Waals surface area (Å²) in [6, 6.07) is 5.53. The van der Waals surface area contributed by atoms with Crippen LogP contribution in [0.5, 0.6) is 0 Å². The minimum Gasteiger partial charge on any atom is -0.0949 e. The van der Waals surface area contributed by atoms with Crippen LogP contribution < -0.4 is 0 Å². The van der Waals surface area contributed by atoms with Gasteiger partial charge < -0.3 is 0 Å². The maximum absolute atomic E-state index is 6.04. The Hall–Kier alpha value is -0.460. The highest BCUT2D eigenvalue weighted by molar-refractivity contribution is 6.35. The first kappa shape index (κ1) is 9.11. The van der Waals surface area contributed by atoms with E-state index in [1.807, 2.05) is 12.1 Å². The molecule has 67 valence electrons. The van der Waals surface area contributed by atoms with Gasteiger partial charge in [-0.15, -0.1) is 0 Å². The molecule has 0 nitrogen and oxygen atoms in total. The van der Waals surface area contributed by atoms with Gasteiger partial charge in [0, 0.05) is 10.0 Å². The van der Waals surface area contributed by atoms with Crippen molar-refractivity contribution in [3.8, 4) is 0 Å². The zero-order valence-corrected chi connectivity index (χ0v) is 8.57. The zero-order chi connectivity index (χ0) is 9.42. The van der Waals surface area contributed by atoms with Crippen LogP contribution in [-0.4, -0.2) is 0 Å². The molecule has 1 aliphatic carbocycles. The minimum absolute atomic E-state index is 0.527. The lowest BCUT2D eigenvalue weighted by Gasteiger charge is -2.06. The third-order valence-electron chi connectivity index (χ3n) is 2.20. The molecule has 1 aromatic rings. The van der Waals surface area contributed by atoms with Crippen molar-refractivity contribution in [2.45, 2.75) is 6.42 Å². The Morgan fingerprint density at radius 1 is 1.38 bits per heavy atom. The van der Waals surface area contributed by atoms with E-state index >= 15 is 0 Å². The van der Waals surface area contributed by atoms with Crippen LogP contribution in [0.25, 0.3) is 5.57 Å². The van der Waals surface area contributed by atoms with Crippen molar-refractivity contribution in [3.05, 3.63) is 46.8 Å². The summed E-state index contributed by atoms with van der Waals surface area (Å²) in [7, 11) is 0. The molecular weight excluding hydrogens is 203 g/mol. The van der Waals surface area contributed by atoms with E-state index in [0.717, 1.165) is 17.6 Å². The van der Waals surface area contributed by atoms with Crippen molar-refractivity contribution < 1.29 is 0 Å². The van der Waals surface area contributed by atoms with Crippen LogP contribution >= 0.6 is 23.2 Å². The van der Waals surface area contributed by atoms with E-state index in [1.165, 1.54) is 0 Å². The van der Waals surface area contributed by atoms with E-state index in [9.17, 15) is 0 Å². The second-order valence-corrected chi connectivity index (χ2v) is 4.07. The van der Waals surface area contributed by atoms with Gasteiger partial charge in [-0.2, -0.15) is 0 Å². The molecule has 13 heavy (non-hydrogen) atoms. The summed E-state index contributed by atoms with van der Waals surface area (Å²) in [4.78, 5) is 0. The molecule has 0 spiro atoms. The molecule has 0 aliphatic heterocycles. The van der Waals surface area contributed by atoms with Gasteiger partial charge in [-0.3, -0.25) is 0 Å². The van der Waals surface area contributed by atoms with Crippen molar-refractivity contribution >= 4 is 28.8 Å². The van der Waals surface area contributed by atoms with Gasteiger partial charge in [-0.25, -0.2) is 0 Å². The number of rotatable bonds is 2. The smallest absolute Gasteiger partial charge is 0.0495 e. The van der Waals surface area contributed by atoms with Gasteiger partial charge in [0.25, 0.3) is 0 Å². The summed E-state index contributed by atoms with van der Waals surface area (Å²) in [6.45, 7) is 4.02. The van der Waals surface area contributed by atoms with Crippen molar-refractivity contribution in [2.24, 2.45) is 5.92 Å². The number of benzene rings is 1. The maximum Gasteiger partial charge on any atom is 0.0495 e. The Bertz CT molecular complexity index is 351. The quantitative estimate of drug-likeness (QED) is 0.688. The Labute approximate surface area is 88.2 Å². The lowest BCUT2D eigenvalue weighted by Crippen LogP contribution is -1.86. The van der Waals surface area contributed by atoms with Crippen LogP contribution in [0.15, 0.2) is 24.8 Å². The number of halogens is 2. The van der Waals surface area contributed by atoms with Gasteiger partial charge in [0.05, 0.1) is 0 Å². The van der Waals surface area contributed by atoms with Gasteiger partial charge in [0.1, 0.15) is 0 Å². The van der Waals surface area contributed by atoms with Crippen LogP contribution in [0, 0.1) is 12.3 Å². The van der Waals surface area contributed by atoms with Gasteiger partial charge in [0.15, 0.2) is 0 Å². The first-order chi connectivity index (χ1) is 6.18. The van der Waals surface area contributed by atoms with Crippen LogP contribution in [-0.2, 0) is 0 Å². The van der Waals surface area contributed by atoms with E-state index in [0.29, 0.717) is 16.0 Å². The molecule has 0 heterocycles. The second-order valence-electron chi connectivity index (χ2n) is 3.23. The van der Waals surface area contributed by atoms with Crippen molar-refractivity contribution in [1.82, 2.24) is 0 Å². The summed E-state index contributed by atoms with van der Waals surface area (Å²) >= 11 is 11.8. The maximum atomic E-state index is 6.04. The summed E-state index contributed by atoms with van der Waals surface area (Å²) in [6.07, 6.45) is 3.34. The Morgan fingerprint density at radius 3 is 2.62 bits per heavy atom.